The van der Waals surface area contributed by atoms with Crippen LogP contribution in [0.15, 0.2) is 36.5 Å². The van der Waals surface area contributed by atoms with Gasteiger partial charge in [-0.05, 0) is 17.7 Å². The maximum atomic E-state index is 13.0. The summed E-state index contributed by atoms with van der Waals surface area (Å²) in [5.74, 6) is -0.799. The summed E-state index contributed by atoms with van der Waals surface area (Å²) in [7, 11) is 1.17. The largest absolute Gasteiger partial charge is 0.465 e. The number of carbonyl (C=O) groups excluding carboxylic acids is 1. The maximum absolute atomic E-state index is 13.0. The number of hydrogen-bond acceptors (Lipinski definition) is 4. The van der Waals surface area contributed by atoms with E-state index in [1.54, 1.807) is 0 Å². The molecule has 2 aromatic rings. The molecule has 0 amide bonds. The summed E-state index contributed by atoms with van der Waals surface area (Å²) in [6.45, 7) is 0. The fraction of sp³-hybridized carbons (Fsp3) is 0.143. The monoisotopic (exact) mass is 296 g/mol. The van der Waals surface area contributed by atoms with Crippen molar-refractivity contribution in [1.29, 1.82) is 0 Å². The number of anilines is 1. The van der Waals surface area contributed by atoms with Gasteiger partial charge in [0, 0.05) is 11.8 Å². The van der Waals surface area contributed by atoms with Crippen LogP contribution in [-0.2, 0) is 10.9 Å². The van der Waals surface area contributed by atoms with Crippen LogP contribution in [0.5, 0.6) is 0 Å². The van der Waals surface area contributed by atoms with Crippen molar-refractivity contribution in [3.05, 3.63) is 47.7 Å². The van der Waals surface area contributed by atoms with Crippen molar-refractivity contribution in [3.63, 3.8) is 0 Å². The Kier molecular flexibility index (Phi) is 3.84. The van der Waals surface area contributed by atoms with Crippen molar-refractivity contribution in [2.24, 2.45) is 0 Å². The molecule has 1 aromatic carbocycles. The number of aromatic nitrogens is 1. The second-order valence-electron chi connectivity index (χ2n) is 4.19. The molecular weight excluding hydrogens is 285 g/mol. The summed E-state index contributed by atoms with van der Waals surface area (Å²) in [6.07, 6.45) is -3.38. The van der Waals surface area contributed by atoms with Crippen molar-refractivity contribution in [2.45, 2.75) is 6.18 Å². The van der Waals surface area contributed by atoms with Gasteiger partial charge >= 0.3 is 12.1 Å². The fourth-order valence-corrected chi connectivity index (χ4v) is 1.89. The van der Waals surface area contributed by atoms with Gasteiger partial charge in [0.05, 0.1) is 18.2 Å². The SMILES string of the molecule is COC(=O)c1cnc(N)c(-c2ccccc2C(F)(F)F)c1. The second kappa shape index (κ2) is 5.43. The number of rotatable bonds is 2. The van der Waals surface area contributed by atoms with E-state index in [4.69, 9.17) is 5.73 Å². The van der Waals surface area contributed by atoms with E-state index in [9.17, 15) is 18.0 Å². The number of nitrogens with two attached hydrogens (primary N) is 1. The Bertz CT molecular complexity index is 684. The summed E-state index contributed by atoms with van der Waals surface area (Å²) in [5, 5.41) is 0. The van der Waals surface area contributed by atoms with Gasteiger partial charge in [-0.1, -0.05) is 18.2 Å². The molecule has 0 aliphatic heterocycles. The lowest BCUT2D eigenvalue weighted by Gasteiger charge is -2.14. The lowest BCUT2D eigenvalue weighted by atomic mass is 9.98. The van der Waals surface area contributed by atoms with Crippen LogP contribution >= 0.6 is 0 Å². The topological polar surface area (TPSA) is 65.2 Å². The van der Waals surface area contributed by atoms with Crippen LogP contribution in [0.4, 0.5) is 19.0 Å². The molecule has 2 rings (SSSR count). The normalized spacial score (nSPS) is 11.2. The van der Waals surface area contributed by atoms with E-state index in [1.807, 2.05) is 0 Å². The van der Waals surface area contributed by atoms with Gasteiger partial charge in [0.25, 0.3) is 0 Å². The van der Waals surface area contributed by atoms with Gasteiger partial charge in [-0.25, -0.2) is 9.78 Å². The summed E-state index contributed by atoms with van der Waals surface area (Å²) in [4.78, 5) is 15.2. The summed E-state index contributed by atoms with van der Waals surface area (Å²) >= 11 is 0. The van der Waals surface area contributed by atoms with E-state index in [-0.39, 0.29) is 22.5 Å². The van der Waals surface area contributed by atoms with Gasteiger partial charge in [-0.15, -0.1) is 0 Å². The standard InChI is InChI=1S/C14H11F3N2O2/c1-21-13(20)8-6-10(12(18)19-7-8)9-4-2-3-5-11(9)14(15,16)17/h2-7H,1H3,(H2,18,19). The Morgan fingerprint density at radius 1 is 1.24 bits per heavy atom. The number of carbonyl (C=O) groups is 1. The molecule has 4 nitrogen and oxygen atoms in total. The van der Waals surface area contributed by atoms with Crippen molar-refractivity contribution in [1.82, 2.24) is 4.98 Å². The van der Waals surface area contributed by atoms with Crippen molar-refractivity contribution < 1.29 is 22.7 Å². The highest BCUT2D eigenvalue weighted by atomic mass is 19.4. The first-order valence-electron chi connectivity index (χ1n) is 5.85. The van der Waals surface area contributed by atoms with E-state index in [0.717, 1.165) is 12.3 Å². The number of benzene rings is 1. The number of halogens is 3. The van der Waals surface area contributed by atoms with Crippen molar-refractivity contribution in [2.75, 3.05) is 12.8 Å². The molecule has 0 unspecified atom stereocenters. The van der Waals surface area contributed by atoms with E-state index < -0.39 is 17.7 Å². The van der Waals surface area contributed by atoms with Crippen LogP contribution in [-0.4, -0.2) is 18.1 Å². The highest BCUT2D eigenvalue weighted by Crippen LogP contribution is 2.38. The van der Waals surface area contributed by atoms with Crippen LogP contribution in [0.1, 0.15) is 15.9 Å². The number of methoxy groups -OCH3 is 1. The molecule has 2 N–H and O–H groups in total. The molecular formula is C14H11F3N2O2. The third-order valence-corrected chi connectivity index (χ3v) is 2.86. The molecule has 0 fully saturated rings. The average Bonchev–Trinajstić information content (AvgIpc) is 2.46. The van der Waals surface area contributed by atoms with Crippen LogP contribution in [0, 0.1) is 0 Å². The van der Waals surface area contributed by atoms with Gasteiger partial charge < -0.3 is 10.5 Å². The smallest absolute Gasteiger partial charge is 0.417 e. The minimum atomic E-state index is -4.54. The summed E-state index contributed by atoms with van der Waals surface area (Å²) < 4.78 is 43.6. The second-order valence-corrected chi connectivity index (χ2v) is 4.19. The summed E-state index contributed by atoms with van der Waals surface area (Å²) in [6, 6.07) is 6.19. The van der Waals surface area contributed by atoms with Crippen LogP contribution < -0.4 is 5.73 Å². The third kappa shape index (κ3) is 2.96. The number of nitrogens with zero attached hydrogens (tertiary/aromatic N) is 1. The zero-order valence-electron chi connectivity index (χ0n) is 10.9. The Morgan fingerprint density at radius 2 is 1.90 bits per heavy atom. The molecule has 1 heterocycles. The predicted molar refractivity (Wildman–Crippen MR) is 70.4 cm³/mol. The van der Waals surface area contributed by atoms with E-state index >= 15 is 0 Å². The lowest BCUT2D eigenvalue weighted by molar-refractivity contribution is -0.137. The molecule has 0 atom stereocenters. The minimum absolute atomic E-state index is 0.0266. The quantitative estimate of drug-likeness (QED) is 0.865. The van der Waals surface area contributed by atoms with Gasteiger partial charge in [0.2, 0.25) is 0 Å². The number of alkyl halides is 3. The van der Waals surface area contributed by atoms with Gasteiger partial charge in [0.1, 0.15) is 5.82 Å². The molecule has 7 heteroatoms. The molecule has 0 radical (unpaired) electrons. The van der Waals surface area contributed by atoms with Crippen LogP contribution in [0.25, 0.3) is 11.1 Å². The molecule has 0 aliphatic rings. The Labute approximate surface area is 118 Å². The molecule has 0 aliphatic carbocycles. The van der Waals surface area contributed by atoms with E-state index in [1.165, 1.54) is 31.4 Å². The van der Waals surface area contributed by atoms with Gasteiger partial charge in [-0.3, -0.25) is 0 Å². The number of esters is 1. The molecule has 0 saturated carbocycles. The number of ether oxygens (including phenoxy) is 1. The lowest BCUT2D eigenvalue weighted by Crippen LogP contribution is -2.09. The number of pyridine rings is 1. The van der Waals surface area contributed by atoms with Gasteiger partial charge in [0.15, 0.2) is 0 Å². The first-order chi connectivity index (χ1) is 9.84. The first kappa shape index (κ1) is 14.8. The minimum Gasteiger partial charge on any atom is -0.465 e. The molecule has 1 aromatic heterocycles. The first-order valence-corrected chi connectivity index (χ1v) is 5.85. The predicted octanol–water partition coefficient (Wildman–Crippen LogP) is 3.14. The number of hydrogen-bond donors (Lipinski definition) is 1. The molecule has 110 valence electrons. The third-order valence-electron chi connectivity index (χ3n) is 2.86. The highest BCUT2D eigenvalue weighted by molar-refractivity contribution is 5.92. The molecule has 0 saturated heterocycles. The zero-order chi connectivity index (χ0) is 15.6. The number of nitrogen functional groups attached to an aromatic ring is 1. The highest BCUT2D eigenvalue weighted by Gasteiger charge is 2.33. The van der Waals surface area contributed by atoms with Crippen molar-refractivity contribution >= 4 is 11.8 Å². The Balaban J connectivity index is 2.65. The van der Waals surface area contributed by atoms with E-state index in [2.05, 4.69) is 9.72 Å². The molecule has 0 spiro atoms. The average molecular weight is 296 g/mol. The van der Waals surface area contributed by atoms with Crippen LogP contribution in [0.2, 0.25) is 0 Å². The zero-order valence-corrected chi connectivity index (χ0v) is 10.9. The van der Waals surface area contributed by atoms with Crippen LogP contribution in [0.3, 0.4) is 0 Å². The van der Waals surface area contributed by atoms with E-state index in [0.29, 0.717) is 0 Å². The van der Waals surface area contributed by atoms with Crippen molar-refractivity contribution in [3.8, 4) is 11.1 Å². The Hall–Kier alpha value is -2.57. The van der Waals surface area contributed by atoms with Gasteiger partial charge in [-0.2, -0.15) is 13.2 Å². The molecule has 21 heavy (non-hydrogen) atoms. The fourth-order valence-electron chi connectivity index (χ4n) is 1.89. The molecule has 0 bridgehead atoms. The summed E-state index contributed by atoms with van der Waals surface area (Å²) in [5.41, 5.74) is 4.72. The maximum Gasteiger partial charge on any atom is 0.417 e. The Morgan fingerprint density at radius 3 is 2.52 bits per heavy atom.